The lowest BCUT2D eigenvalue weighted by Crippen LogP contribution is -2.19. The number of ether oxygens (including phenoxy) is 2. The second-order valence-corrected chi connectivity index (χ2v) is 4.52. The Morgan fingerprint density at radius 2 is 2.00 bits per heavy atom. The zero-order valence-corrected chi connectivity index (χ0v) is 12.8. The first-order valence-corrected chi connectivity index (χ1v) is 6.82. The van der Waals surface area contributed by atoms with Crippen LogP contribution in [0.3, 0.4) is 0 Å². The van der Waals surface area contributed by atoms with Crippen LogP contribution in [0, 0.1) is 0 Å². The monoisotopic (exact) mass is 301 g/mol. The van der Waals surface area contributed by atoms with Gasteiger partial charge in [0.1, 0.15) is 23.0 Å². The average molecular weight is 301 g/mol. The van der Waals surface area contributed by atoms with Crippen LogP contribution in [0.15, 0.2) is 36.4 Å². The maximum atomic E-state index is 11.6. The van der Waals surface area contributed by atoms with Crippen LogP contribution in [-0.2, 0) is 6.54 Å². The number of carbonyl (C=O) groups is 1. The highest BCUT2D eigenvalue weighted by Gasteiger charge is 2.08. The summed E-state index contributed by atoms with van der Waals surface area (Å²) in [5, 5.41) is 5.73. The van der Waals surface area contributed by atoms with E-state index in [1.807, 2.05) is 18.2 Å². The summed E-state index contributed by atoms with van der Waals surface area (Å²) in [6.07, 6.45) is 0. The predicted octanol–water partition coefficient (Wildman–Crippen LogP) is 2.07. The zero-order chi connectivity index (χ0) is 15.9. The minimum absolute atomic E-state index is 0.220. The first kappa shape index (κ1) is 15.6. The fourth-order valence-electron chi connectivity index (χ4n) is 1.99. The number of anilines is 1. The lowest BCUT2D eigenvalue weighted by atomic mass is 10.2. The highest BCUT2D eigenvalue weighted by Crippen LogP contribution is 2.24. The van der Waals surface area contributed by atoms with Crippen molar-refractivity contribution in [3.05, 3.63) is 47.7 Å². The smallest absolute Gasteiger partial charge is 0.269 e. The molecule has 22 heavy (non-hydrogen) atoms. The van der Waals surface area contributed by atoms with Gasteiger partial charge < -0.3 is 20.1 Å². The topological polar surface area (TPSA) is 72.5 Å². The second kappa shape index (κ2) is 7.31. The summed E-state index contributed by atoms with van der Waals surface area (Å²) in [4.78, 5) is 15.8. The quantitative estimate of drug-likeness (QED) is 0.854. The molecule has 0 radical (unpaired) electrons. The van der Waals surface area contributed by atoms with Gasteiger partial charge in [-0.3, -0.25) is 4.79 Å². The number of carbonyl (C=O) groups excluding carboxylic acids is 1. The normalized spacial score (nSPS) is 9.95. The fourth-order valence-corrected chi connectivity index (χ4v) is 1.99. The molecule has 2 aromatic rings. The van der Waals surface area contributed by atoms with E-state index in [-0.39, 0.29) is 5.91 Å². The minimum Gasteiger partial charge on any atom is -0.497 e. The van der Waals surface area contributed by atoms with Gasteiger partial charge >= 0.3 is 0 Å². The number of aromatic nitrogens is 1. The van der Waals surface area contributed by atoms with Gasteiger partial charge in [-0.1, -0.05) is 6.07 Å². The molecule has 0 atom stereocenters. The number of rotatable bonds is 6. The number of nitrogens with one attached hydrogen (secondary N) is 2. The molecule has 6 heteroatoms. The van der Waals surface area contributed by atoms with Gasteiger partial charge in [-0.2, -0.15) is 0 Å². The summed E-state index contributed by atoms with van der Waals surface area (Å²) in [5.41, 5.74) is 1.30. The summed E-state index contributed by atoms with van der Waals surface area (Å²) in [7, 11) is 4.81. The second-order valence-electron chi connectivity index (χ2n) is 4.52. The first-order valence-electron chi connectivity index (χ1n) is 6.82. The largest absolute Gasteiger partial charge is 0.497 e. The van der Waals surface area contributed by atoms with Crippen molar-refractivity contribution in [2.75, 3.05) is 26.6 Å². The van der Waals surface area contributed by atoms with Crippen LogP contribution in [0.5, 0.6) is 11.5 Å². The Morgan fingerprint density at radius 3 is 2.68 bits per heavy atom. The Bertz CT molecular complexity index is 659. The van der Waals surface area contributed by atoms with E-state index < -0.39 is 0 Å². The number of benzene rings is 1. The molecule has 0 aliphatic rings. The van der Waals surface area contributed by atoms with Crippen molar-refractivity contribution in [3.63, 3.8) is 0 Å². The molecular weight excluding hydrogens is 282 g/mol. The molecule has 0 aliphatic carbocycles. The molecule has 1 heterocycles. The van der Waals surface area contributed by atoms with E-state index in [9.17, 15) is 4.79 Å². The van der Waals surface area contributed by atoms with Crippen molar-refractivity contribution >= 4 is 11.7 Å². The Balaban J connectivity index is 2.14. The maximum absolute atomic E-state index is 11.6. The van der Waals surface area contributed by atoms with Gasteiger partial charge in [-0.15, -0.1) is 0 Å². The molecule has 6 nitrogen and oxygen atoms in total. The molecule has 1 aromatic heterocycles. The molecule has 2 N–H and O–H groups in total. The van der Waals surface area contributed by atoms with Crippen LogP contribution < -0.4 is 20.1 Å². The van der Waals surface area contributed by atoms with Gasteiger partial charge in [-0.25, -0.2) is 4.98 Å². The number of amides is 1. The predicted molar refractivity (Wildman–Crippen MR) is 84.5 cm³/mol. The van der Waals surface area contributed by atoms with Gasteiger partial charge in [0.15, 0.2) is 0 Å². The lowest BCUT2D eigenvalue weighted by molar-refractivity contribution is 0.0958. The first-order chi connectivity index (χ1) is 10.7. The Morgan fingerprint density at radius 1 is 1.18 bits per heavy atom. The zero-order valence-electron chi connectivity index (χ0n) is 12.8. The Labute approximate surface area is 129 Å². The van der Waals surface area contributed by atoms with Crippen LogP contribution in [-0.4, -0.2) is 32.2 Å². The molecule has 0 saturated heterocycles. The van der Waals surface area contributed by atoms with E-state index in [4.69, 9.17) is 9.47 Å². The van der Waals surface area contributed by atoms with Crippen molar-refractivity contribution in [1.29, 1.82) is 0 Å². The van der Waals surface area contributed by atoms with Crippen molar-refractivity contribution in [1.82, 2.24) is 10.3 Å². The van der Waals surface area contributed by atoms with E-state index in [0.29, 0.717) is 18.1 Å². The van der Waals surface area contributed by atoms with Crippen molar-refractivity contribution in [2.45, 2.75) is 6.54 Å². The number of pyridine rings is 1. The summed E-state index contributed by atoms with van der Waals surface area (Å²) in [6.45, 7) is 0.505. The molecule has 116 valence electrons. The fraction of sp³-hybridized carbons (Fsp3) is 0.250. The standard InChI is InChI=1S/C16H19N3O3/c1-17-16(20)13-5-4-6-15(19-13)18-10-11-9-12(21-2)7-8-14(11)22-3/h4-9H,10H2,1-3H3,(H,17,20)(H,18,19). The van der Waals surface area contributed by atoms with Gasteiger partial charge in [-0.05, 0) is 30.3 Å². The van der Waals surface area contributed by atoms with Crippen molar-refractivity contribution in [3.8, 4) is 11.5 Å². The number of hydrogen-bond donors (Lipinski definition) is 2. The SMILES string of the molecule is CNC(=O)c1cccc(NCc2cc(OC)ccc2OC)n1. The molecule has 0 spiro atoms. The van der Waals surface area contributed by atoms with Crippen LogP contribution in [0.1, 0.15) is 16.1 Å². The number of methoxy groups -OCH3 is 2. The Hall–Kier alpha value is -2.76. The highest BCUT2D eigenvalue weighted by atomic mass is 16.5. The van der Waals surface area contributed by atoms with Crippen molar-refractivity contribution in [2.24, 2.45) is 0 Å². The third-order valence-electron chi connectivity index (χ3n) is 3.16. The molecular formula is C16H19N3O3. The van der Waals surface area contributed by atoms with Crippen molar-refractivity contribution < 1.29 is 14.3 Å². The third-order valence-corrected chi connectivity index (χ3v) is 3.16. The van der Waals surface area contributed by atoms with Crippen LogP contribution in [0.2, 0.25) is 0 Å². The molecule has 2 rings (SSSR count). The highest BCUT2D eigenvalue weighted by molar-refractivity contribution is 5.92. The van der Waals surface area contributed by atoms with E-state index in [1.54, 1.807) is 39.5 Å². The van der Waals surface area contributed by atoms with E-state index >= 15 is 0 Å². The summed E-state index contributed by atoms with van der Waals surface area (Å²) in [6, 6.07) is 10.8. The van der Waals surface area contributed by atoms with Gasteiger partial charge in [0, 0.05) is 19.2 Å². The molecule has 0 aliphatic heterocycles. The van der Waals surface area contributed by atoms with E-state index in [0.717, 1.165) is 17.1 Å². The molecule has 0 unspecified atom stereocenters. The summed E-state index contributed by atoms with van der Waals surface area (Å²) in [5.74, 6) is 1.91. The van der Waals surface area contributed by atoms with Gasteiger partial charge in [0.25, 0.3) is 5.91 Å². The van der Waals surface area contributed by atoms with E-state index in [2.05, 4.69) is 15.6 Å². The number of hydrogen-bond acceptors (Lipinski definition) is 5. The summed E-state index contributed by atoms with van der Waals surface area (Å²) >= 11 is 0. The van der Waals surface area contributed by atoms with Gasteiger partial charge in [0.2, 0.25) is 0 Å². The minimum atomic E-state index is -0.220. The van der Waals surface area contributed by atoms with Crippen LogP contribution in [0.25, 0.3) is 0 Å². The van der Waals surface area contributed by atoms with Crippen LogP contribution >= 0.6 is 0 Å². The van der Waals surface area contributed by atoms with Crippen LogP contribution in [0.4, 0.5) is 5.82 Å². The van der Waals surface area contributed by atoms with Gasteiger partial charge in [0.05, 0.1) is 14.2 Å². The molecule has 0 fully saturated rings. The van der Waals surface area contributed by atoms with E-state index in [1.165, 1.54) is 0 Å². The third kappa shape index (κ3) is 3.66. The molecule has 0 saturated carbocycles. The molecule has 1 aromatic carbocycles. The Kier molecular flexibility index (Phi) is 5.19. The number of nitrogens with zero attached hydrogens (tertiary/aromatic N) is 1. The molecule has 1 amide bonds. The molecule has 0 bridgehead atoms. The lowest BCUT2D eigenvalue weighted by Gasteiger charge is -2.12. The average Bonchev–Trinajstić information content (AvgIpc) is 2.59. The summed E-state index contributed by atoms with van der Waals surface area (Å²) < 4.78 is 10.6. The maximum Gasteiger partial charge on any atom is 0.269 e.